The van der Waals surface area contributed by atoms with Crippen molar-refractivity contribution in [2.45, 2.75) is 11.3 Å². The van der Waals surface area contributed by atoms with E-state index in [0.717, 1.165) is 28.2 Å². The van der Waals surface area contributed by atoms with E-state index >= 15 is 0 Å². The van der Waals surface area contributed by atoms with Crippen LogP contribution in [0.4, 0.5) is 0 Å². The van der Waals surface area contributed by atoms with Gasteiger partial charge in [0.2, 0.25) is 10.0 Å². The zero-order valence-electron chi connectivity index (χ0n) is 14.8. The molecule has 4 nitrogen and oxygen atoms in total. The summed E-state index contributed by atoms with van der Waals surface area (Å²) >= 11 is 1.54. The maximum atomic E-state index is 11.4. The second kappa shape index (κ2) is 6.38. The Labute approximate surface area is 167 Å². The van der Waals surface area contributed by atoms with Gasteiger partial charge in [0.1, 0.15) is 5.01 Å². The van der Waals surface area contributed by atoms with Crippen LogP contribution in [-0.4, -0.2) is 13.4 Å². The number of sulfonamides is 1. The Balaban J connectivity index is 1.50. The minimum atomic E-state index is -3.69. The van der Waals surface area contributed by atoms with Crippen molar-refractivity contribution in [1.29, 1.82) is 0 Å². The van der Waals surface area contributed by atoms with Crippen LogP contribution in [0, 0.1) is 0 Å². The summed E-state index contributed by atoms with van der Waals surface area (Å²) in [6.45, 7) is 0. The quantitative estimate of drug-likeness (QED) is 0.474. The molecule has 0 saturated heterocycles. The zero-order chi connectivity index (χ0) is 19.3. The van der Waals surface area contributed by atoms with Crippen molar-refractivity contribution < 1.29 is 8.42 Å². The van der Waals surface area contributed by atoms with Crippen LogP contribution in [0.15, 0.2) is 77.0 Å². The number of nitrogens with two attached hydrogens (primary N) is 1. The highest BCUT2D eigenvalue weighted by molar-refractivity contribution is 7.89. The molecule has 0 bridgehead atoms. The maximum absolute atomic E-state index is 11.4. The topological polar surface area (TPSA) is 73.1 Å². The highest BCUT2D eigenvalue weighted by Gasteiger charge is 2.19. The molecule has 1 heterocycles. The Bertz CT molecular complexity index is 1310. The fourth-order valence-electron chi connectivity index (χ4n) is 3.61. The van der Waals surface area contributed by atoms with Crippen molar-refractivity contribution in [1.82, 2.24) is 4.98 Å². The van der Waals surface area contributed by atoms with Crippen molar-refractivity contribution in [3.05, 3.63) is 83.2 Å². The average molecular weight is 405 g/mol. The van der Waals surface area contributed by atoms with Crippen LogP contribution in [-0.2, 0) is 16.4 Å². The lowest BCUT2D eigenvalue weighted by Gasteiger charge is -2.04. The molecule has 5 rings (SSSR count). The predicted molar refractivity (Wildman–Crippen MR) is 113 cm³/mol. The Morgan fingerprint density at radius 2 is 1.57 bits per heavy atom. The van der Waals surface area contributed by atoms with Crippen LogP contribution < -0.4 is 5.14 Å². The molecule has 0 saturated carbocycles. The monoisotopic (exact) mass is 404 g/mol. The maximum Gasteiger partial charge on any atom is 0.238 e. The molecule has 6 heteroatoms. The average Bonchev–Trinajstić information content (AvgIpc) is 3.32. The summed E-state index contributed by atoms with van der Waals surface area (Å²) in [6, 6.07) is 21.5. The summed E-state index contributed by atoms with van der Waals surface area (Å²) in [5.41, 5.74) is 8.16. The Morgan fingerprint density at radius 3 is 2.36 bits per heavy atom. The van der Waals surface area contributed by atoms with E-state index in [4.69, 9.17) is 10.1 Å². The summed E-state index contributed by atoms with van der Waals surface area (Å²) in [6.07, 6.45) is 0.977. The first kappa shape index (κ1) is 17.3. The van der Waals surface area contributed by atoms with Crippen LogP contribution in [0.5, 0.6) is 0 Å². The van der Waals surface area contributed by atoms with Crippen LogP contribution >= 0.6 is 11.3 Å². The van der Waals surface area contributed by atoms with Crippen molar-refractivity contribution in [2.75, 3.05) is 0 Å². The molecule has 1 aromatic heterocycles. The van der Waals surface area contributed by atoms with Gasteiger partial charge >= 0.3 is 0 Å². The van der Waals surface area contributed by atoms with Gasteiger partial charge in [-0.3, -0.25) is 0 Å². The van der Waals surface area contributed by atoms with Crippen molar-refractivity contribution in [3.63, 3.8) is 0 Å². The number of fused-ring (bicyclic) bond motifs is 3. The third-order valence-electron chi connectivity index (χ3n) is 5.03. The molecule has 3 aromatic carbocycles. The van der Waals surface area contributed by atoms with E-state index in [1.807, 2.05) is 5.38 Å². The van der Waals surface area contributed by atoms with E-state index in [0.29, 0.717) is 0 Å². The van der Waals surface area contributed by atoms with E-state index in [1.165, 1.54) is 45.7 Å². The third kappa shape index (κ3) is 2.96. The minimum Gasteiger partial charge on any atom is -0.236 e. The van der Waals surface area contributed by atoms with Gasteiger partial charge in [-0.2, -0.15) is 0 Å². The van der Waals surface area contributed by atoms with Crippen LogP contribution in [0.25, 0.3) is 33.0 Å². The van der Waals surface area contributed by atoms with Crippen LogP contribution in [0.1, 0.15) is 11.1 Å². The number of primary sulfonamides is 1. The van der Waals surface area contributed by atoms with Gasteiger partial charge < -0.3 is 0 Å². The smallest absolute Gasteiger partial charge is 0.236 e. The minimum absolute atomic E-state index is 0.102. The summed E-state index contributed by atoms with van der Waals surface area (Å²) in [5.74, 6) is 0. The first-order valence-corrected chi connectivity index (χ1v) is 11.2. The number of thiazole rings is 1. The standard InChI is InChI=1S/C22H16N2O2S2/c23-28(25,26)18-9-7-14(8-10-18)22-24-21(13-27-22)17-6-5-16-11-15-3-1-2-4-19(15)20(16)12-17/h1-10,12-13H,11H2,(H2,23,25,26). The molecule has 0 radical (unpaired) electrons. The molecule has 0 fully saturated rings. The Kier molecular flexibility index (Phi) is 3.94. The number of aromatic nitrogens is 1. The van der Waals surface area contributed by atoms with Gasteiger partial charge in [0.05, 0.1) is 10.6 Å². The summed E-state index contributed by atoms with van der Waals surface area (Å²) in [4.78, 5) is 4.86. The van der Waals surface area contributed by atoms with Gasteiger partial charge in [-0.05, 0) is 46.9 Å². The highest BCUT2D eigenvalue weighted by atomic mass is 32.2. The molecule has 1 aliphatic carbocycles. The normalized spacial score (nSPS) is 12.6. The molecule has 4 aromatic rings. The molecule has 0 spiro atoms. The molecule has 0 amide bonds. The van der Waals surface area contributed by atoms with Crippen molar-refractivity contribution in [3.8, 4) is 33.0 Å². The lowest BCUT2D eigenvalue weighted by molar-refractivity contribution is 0.598. The number of rotatable bonds is 3. The van der Waals surface area contributed by atoms with Gasteiger partial charge in [-0.25, -0.2) is 18.5 Å². The second-order valence-electron chi connectivity index (χ2n) is 6.81. The number of nitrogens with zero attached hydrogens (tertiary/aromatic N) is 1. The fourth-order valence-corrected chi connectivity index (χ4v) is 4.96. The molecule has 0 unspecified atom stereocenters. The van der Waals surface area contributed by atoms with Gasteiger partial charge in [0.15, 0.2) is 0 Å². The summed E-state index contributed by atoms with van der Waals surface area (Å²) in [7, 11) is -3.69. The molecule has 1 aliphatic rings. The van der Waals surface area contributed by atoms with E-state index in [1.54, 1.807) is 12.1 Å². The summed E-state index contributed by atoms with van der Waals surface area (Å²) in [5, 5.41) is 8.04. The van der Waals surface area contributed by atoms with Gasteiger partial charge in [-0.15, -0.1) is 11.3 Å². The molecule has 0 aliphatic heterocycles. The number of hydrogen-bond donors (Lipinski definition) is 1. The lowest BCUT2D eigenvalue weighted by Crippen LogP contribution is -2.11. The first-order chi connectivity index (χ1) is 13.5. The number of hydrogen-bond acceptors (Lipinski definition) is 4. The van der Waals surface area contributed by atoms with Crippen molar-refractivity contribution in [2.24, 2.45) is 5.14 Å². The Hall–Kier alpha value is -2.80. The van der Waals surface area contributed by atoms with Gasteiger partial charge in [0.25, 0.3) is 0 Å². The highest BCUT2D eigenvalue weighted by Crippen LogP contribution is 2.39. The van der Waals surface area contributed by atoms with Crippen LogP contribution in [0.3, 0.4) is 0 Å². The van der Waals surface area contributed by atoms with Gasteiger partial charge in [-0.1, -0.05) is 48.5 Å². The zero-order valence-corrected chi connectivity index (χ0v) is 16.4. The van der Waals surface area contributed by atoms with E-state index in [-0.39, 0.29) is 4.90 Å². The van der Waals surface area contributed by atoms with E-state index < -0.39 is 10.0 Å². The second-order valence-corrected chi connectivity index (χ2v) is 9.23. The van der Waals surface area contributed by atoms with Crippen molar-refractivity contribution >= 4 is 21.4 Å². The summed E-state index contributed by atoms with van der Waals surface area (Å²) < 4.78 is 22.8. The third-order valence-corrected chi connectivity index (χ3v) is 6.85. The fraction of sp³-hybridized carbons (Fsp3) is 0.0455. The Morgan fingerprint density at radius 1 is 0.857 bits per heavy atom. The van der Waals surface area contributed by atoms with Crippen LogP contribution in [0.2, 0.25) is 0 Å². The predicted octanol–water partition coefficient (Wildman–Crippen LogP) is 4.70. The largest absolute Gasteiger partial charge is 0.238 e. The lowest BCUT2D eigenvalue weighted by atomic mass is 10.0. The van der Waals surface area contributed by atoms with E-state index in [9.17, 15) is 8.42 Å². The first-order valence-electron chi connectivity index (χ1n) is 8.79. The van der Waals surface area contributed by atoms with E-state index in [2.05, 4.69) is 42.5 Å². The molecule has 2 N–H and O–H groups in total. The molecular formula is C22H16N2O2S2. The number of benzene rings is 3. The molecule has 138 valence electrons. The molecule has 28 heavy (non-hydrogen) atoms. The molecular weight excluding hydrogens is 388 g/mol. The van der Waals surface area contributed by atoms with Gasteiger partial charge in [0, 0.05) is 16.5 Å². The molecule has 0 atom stereocenters. The SMILES string of the molecule is NS(=O)(=O)c1ccc(-c2nc(-c3ccc4c(c3)-c3ccccc3C4)cs2)cc1.